The molecule has 29 heavy (non-hydrogen) atoms. The lowest BCUT2D eigenvalue weighted by Gasteiger charge is -2.34. The third kappa shape index (κ3) is 7.57. The first-order valence-electron chi connectivity index (χ1n) is 10.3. The van der Waals surface area contributed by atoms with E-state index in [0.29, 0.717) is 19.3 Å². The van der Waals surface area contributed by atoms with E-state index < -0.39 is 0 Å². The topological polar surface area (TPSA) is 55.3 Å². The second-order valence-corrected chi connectivity index (χ2v) is 7.44. The Bertz CT molecular complexity index is 635. The molecule has 2 aliphatic rings. The first-order chi connectivity index (χ1) is 13.7. The fourth-order valence-electron chi connectivity index (χ4n) is 3.62. The normalized spacial score (nSPS) is 21.6. The van der Waals surface area contributed by atoms with Gasteiger partial charge in [-0.25, -0.2) is 4.39 Å². The standard InChI is InChI=1S/C21H32FN3O3.HI/c1-16(28-20-8-4-3-7-19(20)22)14-24-21(23-2)25-11-9-17(10-12-25)27-15-18-6-5-13-26-18;/h3-4,7-8,16-18H,5-6,9-15H2,1-2H3,(H,23,24);1H. The molecule has 2 saturated heterocycles. The average Bonchev–Trinajstić information content (AvgIpc) is 3.23. The van der Waals surface area contributed by atoms with E-state index >= 15 is 0 Å². The molecule has 0 aromatic heterocycles. The van der Waals surface area contributed by atoms with Gasteiger partial charge in [-0.3, -0.25) is 4.99 Å². The van der Waals surface area contributed by atoms with Crippen LogP contribution in [0, 0.1) is 5.82 Å². The molecular formula is C21H33FIN3O3. The summed E-state index contributed by atoms with van der Waals surface area (Å²) in [7, 11) is 1.78. The molecule has 2 atom stereocenters. The number of ether oxygens (including phenoxy) is 3. The minimum Gasteiger partial charge on any atom is -0.486 e. The van der Waals surface area contributed by atoms with Gasteiger partial charge in [0.05, 0.1) is 25.4 Å². The molecule has 2 unspecified atom stereocenters. The van der Waals surface area contributed by atoms with E-state index in [4.69, 9.17) is 14.2 Å². The van der Waals surface area contributed by atoms with Crippen LogP contribution in [0.4, 0.5) is 4.39 Å². The van der Waals surface area contributed by atoms with Gasteiger partial charge in [0.1, 0.15) is 6.10 Å². The van der Waals surface area contributed by atoms with E-state index in [9.17, 15) is 4.39 Å². The van der Waals surface area contributed by atoms with Crippen molar-refractivity contribution in [3.05, 3.63) is 30.1 Å². The summed E-state index contributed by atoms with van der Waals surface area (Å²) >= 11 is 0. The molecule has 2 aliphatic heterocycles. The number of benzene rings is 1. The Morgan fingerprint density at radius 2 is 2.07 bits per heavy atom. The molecule has 0 spiro atoms. The zero-order valence-corrected chi connectivity index (χ0v) is 19.6. The Morgan fingerprint density at radius 3 is 2.72 bits per heavy atom. The minimum absolute atomic E-state index is 0. The third-order valence-corrected chi connectivity index (χ3v) is 5.21. The van der Waals surface area contributed by atoms with Crippen molar-refractivity contribution in [1.82, 2.24) is 10.2 Å². The van der Waals surface area contributed by atoms with E-state index in [1.807, 2.05) is 6.92 Å². The molecule has 0 bridgehead atoms. The number of nitrogens with one attached hydrogen (secondary N) is 1. The van der Waals surface area contributed by atoms with E-state index in [1.54, 1.807) is 25.2 Å². The molecule has 1 aromatic carbocycles. The molecule has 0 aliphatic carbocycles. The third-order valence-electron chi connectivity index (χ3n) is 5.21. The first kappa shape index (κ1) is 24.1. The van der Waals surface area contributed by atoms with Gasteiger partial charge in [0.25, 0.3) is 0 Å². The quantitative estimate of drug-likeness (QED) is 0.339. The maximum Gasteiger partial charge on any atom is 0.193 e. The molecule has 2 heterocycles. The van der Waals surface area contributed by atoms with Gasteiger partial charge in [0.2, 0.25) is 0 Å². The van der Waals surface area contributed by atoms with E-state index in [-0.39, 0.29) is 47.8 Å². The van der Waals surface area contributed by atoms with Crippen molar-refractivity contribution in [3.8, 4) is 5.75 Å². The fraction of sp³-hybridized carbons (Fsp3) is 0.667. The highest BCUT2D eigenvalue weighted by molar-refractivity contribution is 14.0. The lowest BCUT2D eigenvalue weighted by atomic mass is 10.1. The second-order valence-electron chi connectivity index (χ2n) is 7.44. The predicted octanol–water partition coefficient (Wildman–Crippen LogP) is 3.45. The maximum absolute atomic E-state index is 13.7. The van der Waals surface area contributed by atoms with Crippen molar-refractivity contribution in [1.29, 1.82) is 0 Å². The number of aliphatic imine (C=N–C) groups is 1. The van der Waals surface area contributed by atoms with Gasteiger partial charge in [-0.05, 0) is 44.7 Å². The van der Waals surface area contributed by atoms with E-state index in [2.05, 4.69) is 15.2 Å². The van der Waals surface area contributed by atoms with E-state index in [0.717, 1.165) is 51.3 Å². The summed E-state index contributed by atoms with van der Waals surface area (Å²) in [6.45, 7) is 5.85. The van der Waals surface area contributed by atoms with Crippen LogP contribution < -0.4 is 10.1 Å². The van der Waals surface area contributed by atoms with Crippen molar-refractivity contribution >= 4 is 29.9 Å². The van der Waals surface area contributed by atoms with Crippen LogP contribution in [-0.4, -0.2) is 69.1 Å². The van der Waals surface area contributed by atoms with Gasteiger partial charge < -0.3 is 24.4 Å². The second kappa shape index (κ2) is 12.5. The summed E-state index contributed by atoms with van der Waals surface area (Å²) in [5.41, 5.74) is 0. The van der Waals surface area contributed by atoms with Crippen LogP contribution in [0.3, 0.4) is 0 Å². The molecule has 0 amide bonds. The van der Waals surface area contributed by atoms with Crippen LogP contribution in [0.15, 0.2) is 29.3 Å². The summed E-state index contributed by atoms with van der Waals surface area (Å²) in [5.74, 6) is 0.779. The van der Waals surface area contributed by atoms with Crippen LogP contribution in [0.25, 0.3) is 0 Å². The van der Waals surface area contributed by atoms with Crippen LogP contribution in [0.2, 0.25) is 0 Å². The first-order valence-corrected chi connectivity index (χ1v) is 10.3. The van der Waals surface area contributed by atoms with Crippen molar-refractivity contribution in [3.63, 3.8) is 0 Å². The molecule has 1 N–H and O–H groups in total. The monoisotopic (exact) mass is 521 g/mol. The van der Waals surface area contributed by atoms with Crippen molar-refractivity contribution in [2.75, 3.05) is 39.9 Å². The Morgan fingerprint density at radius 1 is 1.31 bits per heavy atom. The molecule has 1 aromatic rings. The predicted molar refractivity (Wildman–Crippen MR) is 123 cm³/mol. The fourth-order valence-corrected chi connectivity index (χ4v) is 3.62. The summed E-state index contributed by atoms with van der Waals surface area (Å²) in [6.07, 6.45) is 4.62. The summed E-state index contributed by atoms with van der Waals surface area (Å²) in [4.78, 5) is 6.62. The van der Waals surface area contributed by atoms with Gasteiger partial charge in [0, 0.05) is 26.7 Å². The maximum atomic E-state index is 13.7. The highest BCUT2D eigenvalue weighted by atomic mass is 127. The Labute approximate surface area is 190 Å². The summed E-state index contributed by atoms with van der Waals surface area (Å²) < 4.78 is 31.1. The Balaban J connectivity index is 0.00000300. The van der Waals surface area contributed by atoms with Crippen molar-refractivity contribution in [2.45, 2.75) is 50.9 Å². The van der Waals surface area contributed by atoms with Gasteiger partial charge in [-0.2, -0.15) is 0 Å². The van der Waals surface area contributed by atoms with E-state index in [1.165, 1.54) is 6.07 Å². The molecule has 164 valence electrons. The summed E-state index contributed by atoms with van der Waals surface area (Å²) in [6, 6.07) is 6.46. The summed E-state index contributed by atoms with van der Waals surface area (Å²) in [5, 5.41) is 3.34. The number of nitrogens with zero attached hydrogens (tertiary/aromatic N) is 2. The minimum atomic E-state index is -0.344. The Hall–Kier alpha value is -1.13. The van der Waals surface area contributed by atoms with Gasteiger partial charge >= 0.3 is 0 Å². The molecule has 8 heteroatoms. The number of rotatable bonds is 7. The van der Waals surface area contributed by atoms with Crippen molar-refractivity contribution in [2.24, 2.45) is 4.99 Å². The van der Waals surface area contributed by atoms with Crippen LogP contribution in [0.1, 0.15) is 32.6 Å². The molecule has 0 saturated carbocycles. The Kier molecular flexibility index (Phi) is 10.4. The van der Waals surface area contributed by atoms with Gasteiger partial charge in [-0.1, -0.05) is 12.1 Å². The zero-order chi connectivity index (χ0) is 19.8. The van der Waals surface area contributed by atoms with Crippen LogP contribution in [-0.2, 0) is 9.47 Å². The molecule has 0 radical (unpaired) electrons. The molecule has 6 nitrogen and oxygen atoms in total. The highest BCUT2D eigenvalue weighted by Crippen LogP contribution is 2.18. The van der Waals surface area contributed by atoms with Gasteiger partial charge in [-0.15, -0.1) is 24.0 Å². The number of guanidine groups is 1. The average molecular weight is 521 g/mol. The number of likely N-dealkylation sites (tertiary alicyclic amines) is 1. The highest BCUT2D eigenvalue weighted by Gasteiger charge is 2.24. The number of hydrogen-bond donors (Lipinski definition) is 1. The number of piperidine rings is 1. The number of halogens is 2. The lowest BCUT2D eigenvalue weighted by molar-refractivity contribution is -0.0367. The molecular weight excluding hydrogens is 488 g/mol. The largest absolute Gasteiger partial charge is 0.486 e. The van der Waals surface area contributed by atoms with Crippen LogP contribution in [0.5, 0.6) is 5.75 Å². The smallest absolute Gasteiger partial charge is 0.193 e. The molecule has 2 fully saturated rings. The number of hydrogen-bond acceptors (Lipinski definition) is 4. The zero-order valence-electron chi connectivity index (χ0n) is 17.3. The SMILES string of the molecule is CN=C(NCC(C)Oc1ccccc1F)N1CCC(OCC2CCCO2)CC1.I. The lowest BCUT2D eigenvalue weighted by Crippen LogP contribution is -2.49. The van der Waals surface area contributed by atoms with Crippen LogP contribution >= 0.6 is 24.0 Å². The van der Waals surface area contributed by atoms with Gasteiger partial charge in [0.15, 0.2) is 17.5 Å². The number of para-hydroxylation sites is 1. The molecule has 3 rings (SSSR count). The van der Waals surface area contributed by atoms with Crippen molar-refractivity contribution < 1.29 is 18.6 Å².